The fourth-order valence-corrected chi connectivity index (χ4v) is 23.0. The standard InChI is InChI=1S/C30H27Cl3N6O4S2.C30H36Cl2N6O3S2.C29H34Cl2N6O3S2/c31-21-7-4-20(5-8-21)6-10-23-11-13-27(44-23)29-24(17-34-45(41,42)38-18-43-19-38)28(30(40)36-37-14-2-1-3-15-37)35-39(29)26-12-9-22(32)16-25(26)33;1-2-3-6-11-23-13-15-27(42-23)29-24(21-33-43(40,41)37-18-9-5-10-19-37)28(30(39)35-36-16-7-4-8-17-36)34-38(29)26-14-12-22(31)20-25(26)32;1-2-3-5-10-22-12-14-26(41-22)28-23(20-32-42(39,40)36-17-8-9-18-36)27(29(38)34-35-15-6-4-7-16-35)33-37(28)25-13-11-21(30)19-24(25)31/h4-5,7-9,11-13,16,34H,1-3,14-15,17-19H2,(H,36,40);12-15,20,33H,2-5,7-10,16-19,21H2,1H3,(H,35,39);11-14,19,32H,2-4,6-9,15-18,20H2,1H3,(H,34,38). The van der Waals surface area contributed by atoms with Gasteiger partial charge in [-0.25, -0.2) is 29.1 Å². The average molecular weight is 2020 g/mol. The molecule has 0 bridgehead atoms. The minimum Gasteiger partial charge on any atom is -0.348 e. The van der Waals surface area contributed by atoms with E-state index in [1.54, 1.807) is 80.8 Å². The summed E-state index contributed by atoms with van der Waals surface area (Å²) in [6.45, 7) is 9.83. The molecule has 0 atom stereocenters. The van der Waals surface area contributed by atoms with Crippen LogP contribution in [0.5, 0.6) is 0 Å². The molecule has 0 unspecified atom stereocenters. The highest BCUT2D eigenvalue weighted by Crippen LogP contribution is 2.42. The van der Waals surface area contributed by atoms with E-state index in [1.165, 1.54) is 42.6 Å². The molecule has 688 valence electrons. The van der Waals surface area contributed by atoms with Crippen molar-refractivity contribution in [3.63, 3.8) is 0 Å². The summed E-state index contributed by atoms with van der Waals surface area (Å²) in [6, 6.07) is 33.7. The number of amides is 3. The van der Waals surface area contributed by atoms with Gasteiger partial charge in [0.05, 0.1) is 78.5 Å². The van der Waals surface area contributed by atoms with E-state index in [-0.39, 0.29) is 50.2 Å². The van der Waals surface area contributed by atoms with Crippen LogP contribution in [0, 0.1) is 35.5 Å². The second-order valence-corrected chi connectivity index (χ2v) is 42.8. The van der Waals surface area contributed by atoms with Crippen molar-refractivity contribution in [1.29, 1.82) is 0 Å². The Hall–Kier alpha value is -7.82. The van der Waals surface area contributed by atoms with Gasteiger partial charge in [-0.05, 0) is 192 Å². The molecule has 16 rings (SSSR count). The van der Waals surface area contributed by atoms with Crippen molar-refractivity contribution < 1.29 is 44.4 Å². The molecule has 10 aromatic rings. The molecule has 0 radical (unpaired) electrons. The summed E-state index contributed by atoms with van der Waals surface area (Å²) in [4.78, 5) is 46.1. The summed E-state index contributed by atoms with van der Waals surface area (Å²) < 4.78 is 101. The van der Waals surface area contributed by atoms with Crippen LogP contribution < -0.4 is 30.4 Å². The Labute approximate surface area is 805 Å². The monoisotopic (exact) mass is 2010 g/mol. The highest BCUT2D eigenvalue weighted by atomic mass is 35.5. The van der Waals surface area contributed by atoms with Gasteiger partial charge in [-0.3, -0.25) is 30.7 Å². The number of hydrogen-bond donors (Lipinski definition) is 6. The Morgan fingerprint density at radius 1 is 0.369 bits per heavy atom. The first-order valence-electron chi connectivity index (χ1n) is 43.0. The molecule has 0 saturated carbocycles. The van der Waals surface area contributed by atoms with Gasteiger partial charge in [-0.2, -0.15) is 63.3 Å². The zero-order valence-electron chi connectivity index (χ0n) is 71.3. The summed E-state index contributed by atoms with van der Waals surface area (Å²) >= 11 is 48.9. The molecule has 12 heterocycles. The van der Waals surface area contributed by atoms with Gasteiger partial charge < -0.3 is 4.74 Å². The van der Waals surface area contributed by atoms with Crippen LogP contribution in [0.25, 0.3) is 48.8 Å². The smallest absolute Gasteiger partial charge is 0.286 e. The Bertz CT molecular complexity index is 6290. The molecule has 6 aliphatic heterocycles. The quantitative estimate of drug-likeness (QED) is 0.0275. The Morgan fingerprint density at radius 3 is 0.977 bits per heavy atom. The second kappa shape index (κ2) is 45.9. The zero-order chi connectivity index (χ0) is 91.6. The highest BCUT2D eigenvalue weighted by Gasteiger charge is 2.37. The number of unbranched alkanes of at least 4 members (excludes halogenated alkanes) is 2. The largest absolute Gasteiger partial charge is 0.348 e. The van der Waals surface area contributed by atoms with E-state index in [4.69, 9.17) is 101 Å². The van der Waals surface area contributed by atoms with E-state index in [9.17, 15) is 39.6 Å². The van der Waals surface area contributed by atoms with Crippen LogP contribution in [0.15, 0.2) is 115 Å². The van der Waals surface area contributed by atoms with Crippen LogP contribution in [0.1, 0.15) is 198 Å². The summed E-state index contributed by atoms with van der Waals surface area (Å²) in [5, 5.41) is 22.9. The summed E-state index contributed by atoms with van der Waals surface area (Å²) in [7, 11) is -11.4. The van der Waals surface area contributed by atoms with Crippen LogP contribution in [0.3, 0.4) is 0 Å². The van der Waals surface area contributed by atoms with E-state index < -0.39 is 48.3 Å². The van der Waals surface area contributed by atoms with Crippen LogP contribution in [-0.2, 0) is 55.0 Å². The maximum atomic E-state index is 13.8. The maximum absolute atomic E-state index is 13.8. The Kier molecular flexibility index (Phi) is 34.7. The third-order valence-electron chi connectivity index (χ3n) is 21.9. The average Bonchev–Trinajstić information content (AvgIpc) is 1.62. The Morgan fingerprint density at radius 2 is 0.669 bits per heavy atom. The maximum Gasteiger partial charge on any atom is 0.286 e. The number of rotatable bonds is 26. The van der Waals surface area contributed by atoms with Crippen molar-refractivity contribution in [1.82, 2.24) is 87.7 Å². The van der Waals surface area contributed by atoms with Crippen LogP contribution in [0.4, 0.5) is 0 Å². The van der Waals surface area contributed by atoms with Crippen molar-refractivity contribution in [2.24, 2.45) is 0 Å². The molecule has 28 nitrogen and oxygen atoms in total. The predicted octanol–water partition coefficient (Wildman–Crippen LogP) is 17.3. The number of hydrazine groups is 3. The molecular formula is C89H97Cl7N18O10S6. The summed E-state index contributed by atoms with van der Waals surface area (Å²) in [5.74, 6) is 17.8. The lowest BCUT2D eigenvalue weighted by Crippen LogP contribution is -2.49. The van der Waals surface area contributed by atoms with Gasteiger partial charge in [0.25, 0.3) is 48.3 Å². The number of thiophene rings is 3. The van der Waals surface area contributed by atoms with E-state index in [2.05, 4.69) is 79.8 Å². The lowest BCUT2D eigenvalue weighted by atomic mass is 10.1. The molecule has 6 N–H and O–H groups in total. The number of piperidine rings is 4. The lowest BCUT2D eigenvalue weighted by molar-refractivity contribution is -0.0885. The number of aromatic nitrogens is 6. The lowest BCUT2D eigenvalue weighted by Gasteiger charge is -2.29. The molecule has 130 heavy (non-hydrogen) atoms. The fourth-order valence-electron chi connectivity index (χ4n) is 15.2. The van der Waals surface area contributed by atoms with Gasteiger partial charge in [0, 0.05) is 140 Å². The first kappa shape index (κ1) is 98.2. The Balaban J connectivity index is 0.000000157. The van der Waals surface area contributed by atoms with Crippen LogP contribution >= 0.6 is 115 Å². The number of hydrogen-bond acceptors (Lipinski definition) is 19. The van der Waals surface area contributed by atoms with E-state index in [0.717, 1.165) is 176 Å². The van der Waals surface area contributed by atoms with E-state index in [1.807, 2.05) is 63.6 Å². The predicted molar refractivity (Wildman–Crippen MR) is 517 cm³/mol. The molecule has 4 aromatic carbocycles. The summed E-state index contributed by atoms with van der Waals surface area (Å²) in [5.41, 5.74) is 14.5. The van der Waals surface area contributed by atoms with Gasteiger partial charge >= 0.3 is 0 Å². The topological polar surface area (TPSA) is 308 Å². The van der Waals surface area contributed by atoms with Crippen LogP contribution in [0.2, 0.25) is 35.2 Å². The van der Waals surface area contributed by atoms with Gasteiger partial charge in [0.1, 0.15) is 13.5 Å². The molecule has 6 saturated heterocycles. The second-order valence-electron chi connectivity index (χ2n) is 31.3. The molecule has 0 spiro atoms. The third kappa shape index (κ3) is 25.2. The minimum absolute atomic E-state index is 0.0509. The number of carbonyl (C=O) groups is 3. The number of halogens is 7. The van der Waals surface area contributed by atoms with Crippen molar-refractivity contribution in [3.8, 4) is 84.3 Å². The van der Waals surface area contributed by atoms with Crippen LogP contribution in [-0.4, -0.2) is 179 Å². The van der Waals surface area contributed by atoms with Gasteiger partial charge in [-0.15, -0.1) is 38.3 Å². The van der Waals surface area contributed by atoms with E-state index >= 15 is 0 Å². The van der Waals surface area contributed by atoms with E-state index in [0.29, 0.717) is 130 Å². The van der Waals surface area contributed by atoms with Crippen molar-refractivity contribution in [2.75, 3.05) is 78.9 Å². The number of ether oxygens (including phenoxy) is 1. The molecule has 6 fully saturated rings. The number of nitrogens with zero attached hydrogens (tertiary/aromatic N) is 12. The first-order valence-corrected chi connectivity index (χ1v) is 52.4. The van der Waals surface area contributed by atoms with Crippen molar-refractivity contribution >= 4 is 164 Å². The van der Waals surface area contributed by atoms with Gasteiger partial charge in [0.2, 0.25) is 0 Å². The zero-order valence-corrected chi connectivity index (χ0v) is 81.5. The molecule has 3 amide bonds. The molecule has 6 aromatic heterocycles. The first-order chi connectivity index (χ1) is 62.7. The van der Waals surface area contributed by atoms with Crippen molar-refractivity contribution in [2.45, 2.75) is 149 Å². The molecular weight excluding hydrogens is 1920 g/mol. The molecule has 6 aliphatic rings. The van der Waals surface area contributed by atoms with Crippen molar-refractivity contribution in [3.05, 3.63) is 204 Å². The van der Waals surface area contributed by atoms with Gasteiger partial charge in [-0.1, -0.05) is 156 Å². The number of nitrogens with one attached hydrogen (secondary N) is 6. The third-order valence-corrected chi connectivity index (χ3v) is 31.3. The fraction of sp³-hybridized carbons (Fsp3) is 0.393. The SMILES string of the molecule is CCCC#Cc1ccc(-c2c(CNS(=O)(=O)N3CCCC3)c(C(=O)NN3CCCCC3)nn2-c2ccc(Cl)cc2Cl)s1.CCCC#Cc1ccc(-c2c(CNS(=O)(=O)N3CCCCC3)c(C(=O)NN3CCCCC3)nn2-c2ccc(Cl)cc2Cl)s1.O=C(NN1CCCCC1)c1nn(-c2ccc(Cl)cc2Cl)c(-c2ccc(C#Cc3ccc(Cl)cc3)s2)c1CNS(=O)(=O)N1COC1. The number of carbonyl (C=O) groups excluding carboxylic acids is 3. The molecule has 0 aliphatic carbocycles. The molecule has 41 heteroatoms. The minimum atomic E-state index is -3.89. The van der Waals surface area contributed by atoms with Gasteiger partial charge in [0.15, 0.2) is 17.1 Å². The normalized spacial score (nSPS) is 16.2. The number of benzene rings is 4. The summed E-state index contributed by atoms with van der Waals surface area (Å²) in [6.07, 6.45) is 17.0. The highest BCUT2D eigenvalue weighted by molar-refractivity contribution is 7.87.